The van der Waals surface area contributed by atoms with Gasteiger partial charge in [0.25, 0.3) is 0 Å². The van der Waals surface area contributed by atoms with Gasteiger partial charge >= 0.3 is 0 Å². The molecule has 0 aliphatic carbocycles. The third-order valence-corrected chi connectivity index (χ3v) is 4.05. The summed E-state index contributed by atoms with van der Waals surface area (Å²) in [5.41, 5.74) is 0.878. The number of ether oxygens (including phenoxy) is 1. The molecule has 2 aromatic carbocycles. The Morgan fingerprint density at radius 3 is 1.81 bits per heavy atom. The Labute approximate surface area is 136 Å². The predicted molar refractivity (Wildman–Crippen MR) is 85.8 cm³/mol. The molecule has 0 amide bonds. The van der Waals surface area contributed by atoms with Gasteiger partial charge in [-0.05, 0) is 48.5 Å². The van der Waals surface area contributed by atoms with Crippen molar-refractivity contribution in [2.45, 2.75) is 4.83 Å². The van der Waals surface area contributed by atoms with Crippen LogP contribution in [0.25, 0.3) is 0 Å². The van der Waals surface area contributed by atoms with Crippen LogP contribution in [0, 0.1) is 0 Å². The summed E-state index contributed by atoms with van der Waals surface area (Å²) in [4.78, 5) is 23.6. The van der Waals surface area contributed by atoms with Gasteiger partial charge in [-0.1, -0.05) is 27.5 Å². The molecule has 2 rings (SSSR count). The van der Waals surface area contributed by atoms with Gasteiger partial charge in [-0.25, -0.2) is 0 Å². The summed E-state index contributed by atoms with van der Waals surface area (Å²) in [6, 6.07) is 13.0. The number of carbonyl (C=O) groups excluding carboxylic acids is 2. The minimum absolute atomic E-state index is 0.294. The maximum atomic E-state index is 12.3. The maximum absolute atomic E-state index is 12.3. The van der Waals surface area contributed by atoms with Gasteiger partial charge in [-0.3, -0.25) is 9.59 Å². The second-order valence-corrected chi connectivity index (χ2v) is 5.68. The number of methoxy groups -OCH3 is 1. The number of halogens is 2. The van der Waals surface area contributed by atoms with Gasteiger partial charge in [0.1, 0.15) is 10.6 Å². The minimum Gasteiger partial charge on any atom is -0.497 e. The first kappa shape index (κ1) is 15.7. The molecule has 108 valence electrons. The molecular weight excluding hydrogens is 356 g/mol. The van der Waals surface area contributed by atoms with E-state index in [1.807, 2.05) is 0 Å². The highest BCUT2D eigenvalue weighted by Gasteiger charge is 2.25. The lowest BCUT2D eigenvalue weighted by molar-refractivity contribution is 0.0906. The smallest absolute Gasteiger partial charge is 0.184 e. The van der Waals surface area contributed by atoms with E-state index >= 15 is 0 Å². The first-order valence-corrected chi connectivity index (χ1v) is 7.44. The van der Waals surface area contributed by atoms with Crippen LogP contribution < -0.4 is 4.74 Å². The molecule has 3 nitrogen and oxygen atoms in total. The van der Waals surface area contributed by atoms with Crippen molar-refractivity contribution in [3.05, 3.63) is 64.7 Å². The Balaban J connectivity index is 2.17. The largest absolute Gasteiger partial charge is 0.497 e. The lowest BCUT2D eigenvalue weighted by Gasteiger charge is -2.09. The van der Waals surface area contributed by atoms with Crippen LogP contribution in [-0.4, -0.2) is 23.5 Å². The lowest BCUT2D eigenvalue weighted by atomic mass is 10.0. The van der Waals surface area contributed by atoms with Crippen molar-refractivity contribution in [2.75, 3.05) is 7.11 Å². The summed E-state index contributed by atoms with van der Waals surface area (Å²) in [7, 11) is 1.55. The third-order valence-electron chi connectivity index (χ3n) is 2.96. The van der Waals surface area contributed by atoms with E-state index in [1.165, 1.54) is 0 Å². The summed E-state index contributed by atoms with van der Waals surface area (Å²) < 4.78 is 5.03. The molecule has 0 N–H and O–H groups in total. The van der Waals surface area contributed by atoms with E-state index in [-0.39, 0.29) is 11.6 Å². The van der Waals surface area contributed by atoms with Crippen LogP contribution >= 0.6 is 27.5 Å². The van der Waals surface area contributed by atoms with Crippen molar-refractivity contribution < 1.29 is 14.3 Å². The highest BCUT2D eigenvalue weighted by Crippen LogP contribution is 2.19. The molecular formula is C16H12BrClO3. The van der Waals surface area contributed by atoms with Gasteiger partial charge in [0.15, 0.2) is 11.6 Å². The zero-order valence-corrected chi connectivity index (χ0v) is 13.5. The molecule has 1 atom stereocenters. The third kappa shape index (κ3) is 3.71. The molecule has 0 spiro atoms. The number of Topliss-reactive ketones (excluding diaryl/α,β-unsaturated/α-hetero) is 2. The topological polar surface area (TPSA) is 43.4 Å². The average molecular weight is 368 g/mol. The first-order chi connectivity index (χ1) is 10.0. The van der Waals surface area contributed by atoms with Crippen LogP contribution in [0.1, 0.15) is 20.7 Å². The predicted octanol–water partition coefficient (Wildman–Crippen LogP) is 4.18. The molecule has 0 aliphatic heterocycles. The molecule has 0 saturated heterocycles. The van der Waals surface area contributed by atoms with Crippen molar-refractivity contribution in [1.82, 2.24) is 0 Å². The molecule has 0 saturated carbocycles. The van der Waals surface area contributed by atoms with E-state index in [4.69, 9.17) is 16.3 Å². The summed E-state index contributed by atoms with van der Waals surface area (Å²) in [6.07, 6.45) is 0. The summed E-state index contributed by atoms with van der Waals surface area (Å²) in [5.74, 6) is 0.0618. The van der Waals surface area contributed by atoms with Crippen LogP contribution in [0.4, 0.5) is 0 Å². The average Bonchev–Trinajstić information content (AvgIpc) is 2.53. The highest BCUT2D eigenvalue weighted by atomic mass is 79.9. The summed E-state index contributed by atoms with van der Waals surface area (Å²) in [6.45, 7) is 0. The SMILES string of the molecule is COc1ccc(C(=O)C(Br)C(=O)c2ccc(Cl)cc2)cc1. The van der Waals surface area contributed by atoms with Gasteiger partial charge in [0.05, 0.1) is 7.11 Å². The Morgan fingerprint density at radius 1 is 0.952 bits per heavy atom. The Kier molecular flexibility index (Phi) is 5.15. The van der Waals surface area contributed by atoms with Gasteiger partial charge in [0, 0.05) is 16.1 Å². The molecule has 0 bridgehead atoms. The number of carbonyl (C=O) groups is 2. The lowest BCUT2D eigenvalue weighted by Crippen LogP contribution is -2.24. The fourth-order valence-corrected chi connectivity index (χ4v) is 2.44. The summed E-state index contributed by atoms with van der Waals surface area (Å²) in [5, 5.41) is 0.541. The molecule has 0 aliphatic rings. The van der Waals surface area contributed by atoms with Crippen molar-refractivity contribution in [3.63, 3.8) is 0 Å². The zero-order chi connectivity index (χ0) is 15.4. The number of ketones is 2. The molecule has 0 radical (unpaired) electrons. The molecule has 0 aromatic heterocycles. The van der Waals surface area contributed by atoms with E-state index in [2.05, 4.69) is 15.9 Å². The molecule has 5 heteroatoms. The maximum Gasteiger partial charge on any atom is 0.184 e. The molecule has 0 fully saturated rings. The molecule has 2 aromatic rings. The number of benzene rings is 2. The van der Waals surface area contributed by atoms with Crippen LogP contribution in [-0.2, 0) is 0 Å². The van der Waals surface area contributed by atoms with Crippen molar-refractivity contribution in [1.29, 1.82) is 0 Å². The van der Waals surface area contributed by atoms with E-state index in [1.54, 1.807) is 55.6 Å². The summed E-state index contributed by atoms with van der Waals surface area (Å²) >= 11 is 8.95. The van der Waals surface area contributed by atoms with Crippen LogP contribution in [0.15, 0.2) is 48.5 Å². The van der Waals surface area contributed by atoms with Crippen molar-refractivity contribution in [3.8, 4) is 5.75 Å². The van der Waals surface area contributed by atoms with E-state index in [0.29, 0.717) is 21.9 Å². The van der Waals surface area contributed by atoms with Gasteiger partial charge < -0.3 is 4.74 Å². The number of alkyl halides is 1. The second-order valence-electron chi connectivity index (χ2n) is 4.33. The normalized spacial score (nSPS) is 11.8. The Bertz CT molecular complexity index is 650. The second kappa shape index (κ2) is 6.87. The van der Waals surface area contributed by atoms with Gasteiger partial charge in [-0.2, -0.15) is 0 Å². The Morgan fingerprint density at radius 2 is 1.38 bits per heavy atom. The first-order valence-electron chi connectivity index (χ1n) is 6.15. The van der Waals surface area contributed by atoms with Gasteiger partial charge in [0.2, 0.25) is 0 Å². The number of hydrogen-bond donors (Lipinski definition) is 0. The Hall–Kier alpha value is -1.65. The standard InChI is InChI=1S/C16H12BrClO3/c1-21-13-8-4-11(5-9-13)16(20)14(17)15(19)10-2-6-12(18)7-3-10/h2-9,14H,1H3. The van der Waals surface area contributed by atoms with Crippen LogP contribution in [0.5, 0.6) is 5.75 Å². The highest BCUT2D eigenvalue weighted by molar-refractivity contribution is 9.10. The molecule has 21 heavy (non-hydrogen) atoms. The molecule has 1 unspecified atom stereocenters. The fourth-order valence-electron chi connectivity index (χ4n) is 1.78. The minimum atomic E-state index is -0.924. The van der Waals surface area contributed by atoms with E-state index < -0.39 is 4.83 Å². The van der Waals surface area contributed by atoms with Crippen LogP contribution in [0.2, 0.25) is 5.02 Å². The monoisotopic (exact) mass is 366 g/mol. The quantitative estimate of drug-likeness (QED) is 0.452. The van der Waals surface area contributed by atoms with E-state index in [9.17, 15) is 9.59 Å². The molecule has 0 heterocycles. The number of hydrogen-bond acceptors (Lipinski definition) is 3. The number of rotatable bonds is 5. The van der Waals surface area contributed by atoms with Crippen molar-refractivity contribution >= 4 is 39.1 Å². The van der Waals surface area contributed by atoms with Crippen LogP contribution in [0.3, 0.4) is 0 Å². The van der Waals surface area contributed by atoms with Crippen molar-refractivity contribution in [2.24, 2.45) is 0 Å². The van der Waals surface area contributed by atoms with Gasteiger partial charge in [-0.15, -0.1) is 0 Å². The fraction of sp³-hybridized carbons (Fsp3) is 0.125. The van der Waals surface area contributed by atoms with E-state index in [0.717, 1.165) is 0 Å². The zero-order valence-electron chi connectivity index (χ0n) is 11.2.